The van der Waals surface area contributed by atoms with Gasteiger partial charge >= 0.3 is 5.97 Å². The number of benzene rings is 1. The minimum absolute atomic E-state index is 0.0401. The number of amides is 1. The van der Waals surface area contributed by atoms with Gasteiger partial charge in [-0.3, -0.25) is 14.8 Å². The summed E-state index contributed by atoms with van der Waals surface area (Å²) < 4.78 is 2.91. The maximum atomic E-state index is 12.0. The Morgan fingerprint density at radius 3 is 2.88 bits per heavy atom. The highest BCUT2D eigenvalue weighted by atomic mass is 16.4. The molecule has 3 aromatic rings. The number of rotatable bonds is 7. The molecule has 2 heterocycles. The first-order chi connectivity index (χ1) is 12.5. The molecule has 0 fully saturated rings. The monoisotopic (exact) mass is 354 g/mol. The lowest BCUT2D eigenvalue weighted by Gasteiger charge is -2.04. The van der Waals surface area contributed by atoms with Crippen molar-refractivity contribution in [3.63, 3.8) is 0 Å². The molecule has 0 radical (unpaired) electrons. The maximum Gasteiger partial charge on any atom is 0.354 e. The quantitative estimate of drug-likeness (QED) is 0.665. The van der Waals surface area contributed by atoms with Crippen molar-refractivity contribution in [1.29, 1.82) is 0 Å². The van der Waals surface area contributed by atoms with Gasteiger partial charge in [0.15, 0.2) is 0 Å². The van der Waals surface area contributed by atoms with Gasteiger partial charge in [0.25, 0.3) is 0 Å². The summed E-state index contributed by atoms with van der Waals surface area (Å²) in [5, 5.41) is 19.7. The number of nitrogens with one attached hydrogen (secondary N) is 1. The summed E-state index contributed by atoms with van der Waals surface area (Å²) in [5.41, 5.74) is 2.29. The number of aromatic nitrogens is 5. The number of carboxylic acid groups (broad SMARTS) is 1. The second-order valence-electron chi connectivity index (χ2n) is 5.80. The molecule has 0 saturated carbocycles. The predicted molar refractivity (Wildman–Crippen MR) is 92.7 cm³/mol. The summed E-state index contributed by atoms with van der Waals surface area (Å²) >= 11 is 0. The highest BCUT2D eigenvalue weighted by Gasteiger charge is 2.12. The van der Waals surface area contributed by atoms with Gasteiger partial charge in [0.1, 0.15) is 12.0 Å². The molecule has 0 aliphatic heterocycles. The Hall–Kier alpha value is -3.49. The van der Waals surface area contributed by atoms with Gasteiger partial charge in [-0.1, -0.05) is 29.8 Å². The van der Waals surface area contributed by atoms with E-state index in [-0.39, 0.29) is 30.5 Å². The van der Waals surface area contributed by atoms with Crippen LogP contribution in [0.1, 0.15) is 28.0 Å². The number of carboxylic acids is 1. The van der Waals surface area contributed by atoms with E-state index in [2.05, 4.69) is 26.6 Å². The molecule has 1 aromatic carbocycles. The number of nitrogens with zero attached hydrogens (tertiary/aromatic N) is 5. The molecular formula is C17H18N6O3. The molecule has 9 nitrogen and oxygen atoms in total. The second kappa shape index (κ2) is 7.60. The van der Waals surface area contributed by atoms with Gasteiger partial charge in [0, 0.05) is 12.6 Å². The van der Waals surface area contributed by atoms with Crippen molar-refractivity contribution in [1.82, 2.24) is 24.5 Å². The Bertz CT molecular complexity index is 930. The van der Waals surface area contributed by atoms with Crippen molar-refractivity contribution >= 4 is 17.8 Å². The van der Waals surface area contributed by atoms with E-state index in [9.17, 15) is 9.59 Å². The van der Waals surface area contributed by atoms with Gasteiger partial charge in [-0.2, -0.15) is 5.10 Å². The highest BCUT2D eigenvalue weighted by Crippen LogP contribution is 2.07. The van der Waals surface area contributed by atoms with Crippen molar-refractivity contribution in [2.45, 2.75) is 26.4 Å². The van der Waals surface area contributed by atoms with E-state index in [1.54, 1.807) is 11.0 Å². The van der Waals surface area contributed by atoms with Crippen LogP contribution in [0, 0.1) is 6.92 Å². The Morgan fingerprint density at radius 2 is 2.12 bits per heavy atom. The number of hydrogen-bond acceptors (Lipinski definition) is 5. The molecule has 1 amide bonds. The fourth-order valence-electron chi connectivity index (χ4n) is 2.51. The lowest BCUT2D eigenvalue weighted by Crippen LogP contribution is -2.18. The third-order valence-electron chi connectivity index (χ3n) is 3.70. The first kappa shape index (κ1) is 17.3. The van der Waals surface area contributed by atoms with Crippen molar-refractivity contribution in [3.8, 4) is 0 Å². The molecule has 134 valence electrons. The van der Waals surface area contributed by atoms with Crippen LogP contribution in [0.3, 0.4) is 0 Å². The van der Waals surface area contributed by atoms with Gasteiger partial charge in [-0.05, 0) is 18.6 Å². The second-order valence-corrected chi connectivity index (χ2v) is 5.80. The van der Waals surface area contributed by atoms with Crippen molar-refractivity contribution in [2.24, 2.45) is 0 Å². The van der Waals surface area contributed by atoms with Crippen LogP contribution in [0.25, 0.3) is 0 Å². The molecule has 0 saturated heterocycles. The Labute approximate surface area is 149 Å². The topological polar surface area (TPSA) is 115 Å². The minimum atomic E-state index is -1.08. The zero-order chi connectivity index (χ0) is 18.5. The molecule has 0 bridgehead atoms. The lowest BCUT2D eigenvalue weighted by atomic mass is 10.1. The fraction of sp³-hybridized carbons (Fsp3) is 0.235. The molecular weight excluding hydrogens is 336 g/mol. The smallest absolute Gasteiger partial charge is 0.354 e. The number of carbonyl (C=O) groups is 2. The number of aryl methyl sites for hydroxylation is 2. The number of carbonyl (C=O) groups excluding carboxylic acids is 1. The largest absolute Gasteiger partial charge is 0.477 e. The maximum absolute atomic E-state index is 12.0. The third kappa shape index (κ3) is 4.32. The molecule has 2 aromatic heterocycles. The lowest BCUT2D eigenvalue weighted by molar-refractivity contribution is -0.116. The van der Waals surface area contributed by atoms with Gasteiger partial charge in [-0.15, -0.1) is 5.10 Å². The van der Waals surface area contributed by atoms with Crippen molar-refractivity contribution < 1.29 is 14.7 Å². The number of anilines is 1. The van der Waals surface area contributed by atoms with E-state index in [1.165, 1.54) is 16.9 Å². The van der Waals surface area contributed by atoms with E-state index in [0.717, 1.165) is 11.1 Å². The van der Waals surface area contributed by atoms with E-state index in [4.69, 9.17) is 5.11 Å². The van der Waals surface area contributed by atoms with Crippen LogP contribution >= 0.6 is 0 Å². The normalized spacial score (nSPS) is 10.7. The average molecular weight is 354 g/mol. The molecule has 0 aliphatic carbocycles. The van der Waals surface area contributed by atoms with Gasteiger partial charge in [0.2, 0.25) is 11.9 Å². The van der Waals surface area contributed by atoms with Gasteiger partial charge < -0.3 is 5.11 Å². The molecule has 9 heteroatoms. The predicted octanol–water partition coefficient (Wildman–Crippen LogP) is 1.56. The summed E-state index contributed by atoms with van der Waals surface area (Å²) in [7, 11) is 0. The first-order valence-corrected chi connectivity index (χ1v) is 8.01. The van der Waals surface area contributed by atoms with Crippen LogP contribution in [-0.2, 0) is 17.9 Å². The van der Waals surface area contributed by atoms with Gasteiger partial charge in [-0.25, -0.2) is 14.5 Å². The molecule has 2 N–H and O–H groups in total. The number of aromatic carboxylic acids is 1. The van der Waals surface area contributed by atoms with Crippen LogP contribution in [0.2, 0.25) is 0 Å². The zero-order valence-electron chi connectivity index (χ0n) is 14.2. The van der Waals surface area contributed by atoms with Crippen LogP contribution < -0.4 is 5.32 Å². The molecule has 26 heavy (non-hydrogen) atoms. The average Bonchev–Trinajstić information content (AvgIpc) is 3.22. The van der Waals surface area contributed by atoms with Crippen LogP contribution in [0.15, 0.2) is 42.9 Å². The summed E-state index contributed by atoms with van der Waals surface area (Å²) in [4.78, 5) is 27.1. The standard InChI is InChI=1S/C17H18N6O3/c1-12-3-2-4-13(9-12)10-22-11-18-17(21-22)20-15(24)6-8-23-14(16(25)26)5-7-19-23/h2-5,7,9,11H,6,8,10H2,1H3,(H,25,26)(H,20,21,24). The Balaban J connectivity index is 1.54. The molecule has 3 rings (SSSR count). The van der Waals surface area contributed by atoms with Crippen LogP contribution in [0.4, 0.5) is 5.95 Å². The van der Waals surface area contributed by atoms with Gasteiger partial charge in [0.05, 0.1) is 13.1 Å². The number of hydrogen-bond donors (Lipinski definition) is 2. The minimum Gasteiger partial charge on any atom is -0.477 e. The first-order valence-electron chi connectivity index (χ1n) is 8.01. The SMILES string of the molecule is Cc1cccc(Cn2cnc(NC(=O)CCn3nccc3C(=O)O)n2)c1. The summed E-state index contributed by atoms with van der Waals surface area (Å²) in [6.45, 7) is 2.73. The van der Waals surface area contributed by atoms with Crippen molar-refractivity contribution in [2.75, 3.05) is 5.32 Å². The summed E-state index contributed by atoms with van der Waals surface area (Å²) in [6, 6.07) is 9.44. The molecule has 0 atom stereocenters. The highest BCUT2D eigenvalue weighted by molar-refractivity contribution is 5.89. The van der Waals surface area contributed by atoms with E-state index in [1.807, 2.05) is 25.1 Å². The van der Waals surface area contributed by atoms with E-state index >= 15 is 0 Å². The Morgan fingerprint density at radius 1 is 1.27 bits per heavy atom. The fourth-order valence-corrected chi connectivity index (χ4v) is 2.51. The van der Waals surface area contributed by atoms with Crippen LogP contribution in [0.5, 0.6) is 0 Å². The third-order valence-corrected chi connectivity index (χ3v) is 3.70. The summed E-state index contributed by atoms with van der Waals surface area (Å²) in [5.74, 6) is -1.19. The van der Waals surface area contributed by atoms with Crippen molar-refractivity contribution in [3.05, 3.63) is 59.7 Å². The zero-order valence-corrected chi connectivity index (χ0v) is 14.2. The summed E-state index contributed by atoms with van der Waals surface area (Å²) in [6.07, 6.45) is 3.00. The van der Waals surface area contributed by atoms with E-state index < -0.39 is 5.97 Å². The Kier molecular flexibility index (Phi) is 5.07. The molecule has 0 aliphatic rings. The van der Waals surface area contributed by atoms with E-state index in [0.29, 0.717) is 6.54 Å². The molecule has 0 unspecified atom stereocenters. The van der Waals surface area contributed by atoms with Crippen LogP contribution in [-0.4, -0.2) is 41.5 Å². The molecule has 0 spiro atoms.